The molecule has 0 unspecified atom stereocenters. The fraction of sp³-hybridized carbons (Fsp3) is 0.444. The van der Waals surface area contributed by atoms with Gasteiger partial charge in [-0.3, -0.25) is 9.48 Å². The number of carbonyl (C=O) groups excluding carboxylic acids is 1. The predicted octanol–water partition coefficient (Wildman–Crippen LogP) is 1.16. The van der Waals surface area contributed by atoms with Crippen LogP contribution in [0.25, 0.3) is 0 Å². The first kappa shape index (κ1) is 19.7. The number of benzene rings is 1. The highest BCUT2D eigenvalue weighted by Gasteiger charge is 2.41. The number of amides is 1. The minimum atomic E-state index is -3.83. The van der Waals surface area contributed by atoms with Crippen molar-refractivity contribution in [3.63, 3.8) is 0 Å². The summed E-state index contributed by atoms with van der Waals surface area (Å²) in [6, 6.07) is 3.63. The summed E-state index contributed by atoms with van der Waals surface area (Å²) >= 11 is 0. The van der Waals surface area contributed by atoms with Gasteiger partial charge in [-0.1, -0.05) is 0 Å². The van der Waals surface area contributed by atoms with Gasteiger partial charge >= 0.3 is 0 Å². The van der Waals surface area contributed by atoms with E-state index < -0.39 is 28.2 Å². The highest BCUT2D eigenvalue weighted by molar-refractivity contribution is 7.87. The zero-order valence-electron chi connectivity index (χ0n) is 16.4. The van der Waals surface area contributed by atoms with Gasteiger partial charge < -0.3 is 14.8 Å². The molecule has 0 saturated carbocycles. The molecule has 156 valence electrons. The average molecular weight is 421 g/mol. The Labute approximate surface area is 169 Å². The van der Waals surface area contributed by atoms with Crippen molar-refractivity contribution in [2.24, 2.45) is 0 Å². The van der Waals surface area contributed by atoms with Gasteiger partial charge in [-0.15, -0.1) is 0 Å². The number of hydrogen-bond donors (Lipinski definition) is 2. The summed E-state index contributed by atoms with van der Waals surface area (Å²) in [6.07, 6.45) is 2.10. The van der Waals surface area contributed by atoms with Crippen molar-refractivity contribution < 1.29 is 22.7 Å². The van der Waals surface area contributed by atoms with E-state index in [0.29, 0.717) is 23.7 Å². The van der Waals surface area contributed by atoms with Gasteiger partial charge in [-0.25, -0.2) is 0 Å². The van der Waals surface area contributed by atoms with Gasteiger partial charge in [0.25, 0.3) is 10.2 Å². The molecule has 0 bridgehead atoms. The third-order valence-corrected chi connectivity index (χ3v) is 6.79. The van der Waals surface area contributed by atoms with Crippen LogP contribution in [0.15, 0.2) is 24.4 Å². The Balaban J connectivity index is 1.57. The number of fused-ring (bicyclic) bond motifs is 1. The molecule has 0 aliphatic carbocycles. The number of hydrogen-bond acceptors (Lipinski definition) is 6. The lowest BCUT2D eigenvalue weighted by molar-refractivity contribution is -0.120. The second-order valence-electron chi connectivity index (χ2n) is 7.03. The molecule has 4 rings (SSSR count). The summed E-state index contributed by atoms with van der Waals surface area (Å²) < 4.78 is 41.3. The summed E-state index contributed by atoms with van der Waals surface area (Å²) in [4.78, 5) is 13.0. The lowest BCUT2D eigenvalue weighted by Crippen LogP contribution is -2.56. The molecule has 29 heavy (non-hydrogen) atoms. The van der Waals surface area contributed by atoms with Crippen LogP contribution in [0, 0.1) is 6.92 Å². The monoisotopic (exact) mass is 421 g/mol. The molecule has 2 N–H and O–H groups in total. The highest BCUT2D eigenvalue weighted by atomic mass is 32.2. The first-order valence-electron chi connectivity index (χ1n) is 9.28. The topological polar surface area (TPSA) is 115 Å². The molecule has 1 fully saturated rings. The highest BCUT2D eigenvalue weighted by Crippen LogP contribution is 2.35. The van der Waals surface area contributed by atoms with Crippen molar-refractivity contribution in [1.29, 1.82) is 0 Å². The Morgan fingerprint density at radius 3 is 2.83 bits per heavy atom. The second kappa shape index (κ2) is 7.32. The Morgan fingerprint density at radius 2 is 2.10 bits per heavy atom. The molecule has 1 aromatic heterocycles. The Kier molecular flexibility index (Phi) is 4.97. The third-order valence-electron chi connectivity index (χ3n) is 5.19. The normalized spacial score (nSPS) is 23.1. The van der Waals surface area contributed by atoms with Crippen molar-refractivity contribution in [2.75, 3.05) is 19.2 Å². The van der Waals surface area contributed by atoms with Crippen LogP contribution in [0.2, 0.25) is 0 Å². The van der Waals surface area contributed by atoms with Crippen molar-refractivity contribution in [2.45, 2.75) is 38.9 Å². The molecule has 3 heterocycles. The number of likely N-dealkylation sites (N-methyl/N-ethyl adjacent to an activating group) is 1. The van der Waals surface area contributed by atoms with Gasteiger partial charge in [0, 0.05) is 37.1 Å². The summed E-state index contributed by atoms with van der Waals surface area (Å²) in [5, 5.41) is 7.17. The van der Waals surface area contributed by atoms with E-state index in [0.717, 1.165) is 15.6 Å². The zero-order chi connectivity index (χ0) is 20.8. The first-order chi connectivity index (χ1) is 13.8. The van der Waals surface area contributed by atoms with Crippen LogP contribution in [0.5, 0.6) is 11.5 Å². The zero-order valence-corrected chi connectivity index (χ0v) is 17.2. The Morgan fingerprint density at radius 1 is 1.34 bits per heavy atom. The van der Waals surface area contributed by atoms with E-state index in [9.17, 15) is 13.2 Å². The predicted molar refractivity (Wildman–Crippen MR) is 105 cm³/mol. The van der Waals surface area contributed by atoms with Gasteiger partial charge in [-0.2, -0.15) is 22.5 Å². The number of anilines is 1. The molecule has 1 aromatic carbocycles. The van der Waals surface area contributed by atoms with Gasteiger partial charge in [0.1, 0.15) is 6.04 Å². The SMILES string of the molecule is CCn1cc([C@@H]2C[C@H](C(=O)Nc3ccc4c(c3)OCO4)N(C)S(=O)(=O)N2)c(C)n1. The quantitative estimate of drug-likeness (QED) is 0.766. The van der Waals surface area contributed by atoms with Crippen LogP contribution < -0.4 is 19.5 Å². The molecule has 2 atom stereocenters. The summed E-state index contributed by atoms with van der Waals surface area (Å²) in [5.41, 5.74) is 2.01. The minimum absolute atomic E-state index is 0.133. The van der Waals surface area contributed by atoms with Gasteiger partial charge in [0.2, 0.25) is 12.7 Å². The summed E-state index contributed by atoms with van der Waals surface area (Å²) in [7, 11) is -2.43. The van der Waals surface area contributed by atoms with Crippen molar-refractivity contribution in [3.05, 3.63) is 35.7 Å². The smallest absolute Gasteiger partial charge is 0.280 e. The lowest BCUT2D eigenvalue weighted by Gasteiger charge is -2.36. The standard InChI is InChI=1S/C18H23N5O5S/c1-4-23-9-13(11(2)20-23)14-8-15(22(3)29(25,26)21-14)18(24)19-12-5-6-16-17(7-12)28-10-27-16/h5-7,9,14-15,21H,4,8,10H2,1-3H3,(H,19,24)/t14-,15+/m0/s1. The Hall–Kier alpha value is -2.63. The van der Waals surface area contributed by atoms with E-state index in [4.69, 9.17) is 9.47 Å². The maximum absolute atomic E-state index is 13.0. The number of aryl methyl sites for hydroxylation is 2. The molecule has 1 saturated heterocycles. The fourth-order valence-corrected chi connectivity index (χ4v) is 4.82. The number of rotatable bonds is 4. The van der Waals surface area contributed by atoms with E-state index in [1.54, 1.807) is 22.9 Å². The largest absolute Gasteiger partial charge is 0.454 e. The van der Waals surface area contributed by atoms with Crippen molar-refractivity contribution in [3.8, 4) is 11.5 Å². The van der Waals surface area contributed by atoms with E-state index >= 15 is 0 Å². The molecular weight excluding hydrogens is 398 g/mol. The van der Waals surface area contributed by atoms with Crippen LogP contribution in [-0.4, -0.2) is 48.3 Å². The molecular formula is C18H23N5O5S. The fourth-order valence-electron chi connectivity index (χ4n) is 3.55. The van der Waals surface area contributed by atoms with E-state index in [1.165, 1.54) is 7.05 Å². The van der Waals surface area contributed by atoms with Crippen LogP contribution in [0.1, 0.15) is 30.6 Å². The van der Waals surface area contributed by atoms with Gasteiger partial charge in [0.05, 0.1) is 11.7 Å². The van der Waals surface area contributed by atoms with Crippen LogP contribution >= 0.6 is 0 Å². The molecule has 10 nitrogen and oxygen atoms in total. The maximum atomic E-state index is 13.0. The summed E-state index contributed by atoms with van der Waals surface area (Å²) in [6.45, 7) is 4.59. The third kappa shape index (κ3) is 3.68. The molecule has 0 spiro atoms. The molecule has 11 heteroatoms. The second-order valence-corrected chi connectivity index (χ2v) is 8.79. The van der Waals surface area contributed by atoms with Crippen LogP contribution in [0.4, 0.5) is 5.69 Å². The number of aromatic nitrogens is 2. The number of ether oxygens (including phenoxy) is 2. The molecule has 1 amide bonds. The average Bonchev–Trinajstić information content (AvgIpc) is 3.29. The van der Waals surface area contributed by atoms with Crippen LogP contribution in [0.3, 0.4) is 0 Å². The molecule has 2 aliphatic rings. The molecule has 2 aliphatic heterocycles. The van der Waals surface area contributed by atoms with Crippen molar-refractivity contribution >= 4 is 21.8 Å². The Bertz CT molecular complexity index is 1050. The van der Waals surface area contributed by atoms with Gasteiger partial charge in [0.15, 0.2) is 11.5 Å². The molecule has 2 aromatic rings. The number of carbonyl (C=O) groups is 1. The maximum Gasteiger partial charge on any atom is 0.280 e. The van der Waals surface area contributed by atoms with E-state index in [2.05, 4.69) is 15.1 Å². The van der Waals surface area contributed by atoms with Gasteiger partial charge in [-0.05, 0) is 32.4 Å². The van der Waals surface area contributed by atoms with E-state index in [-0.39, 0.29) is 13.2 Å². The van der Waals surface area contributed by atoms with Crippen molar-refractivity contribution in [1.82, 2.24) is 18.8 Å². The number of nitrogens with zero attached hydrogens (tertiary/aromatic N) is 3. The van der Waals surface area contributed by atoms with E-state index in [1.807, 2.05) is 20.0 Å². The van der Waals surface area contributed by atoms with Crippen LogP contribution in [-0.2, 0) is 21.5 Å². The molecule has 0 radical (unpaired) electrons. The first-order valence-corrected chi connectivity index (χ1v) is 10.7. The minimum Gasteiger partial charge on any atom is -0.454 e. The summed E-state index contributed by atoms with van der Waals surface area (Å²) in [5.74, 6) is 0.726. The lowest BCUT2D eigenvalue weighted by atomic mass is 10.00. The number of nitrogens with one attached hydrogen (secondary N) is 2.